The minimum absolute atomic E-state index is 0. The Morgan fingerprint density at radius 3 is 1.31 bits per heavy atom. The monoisotopic (exact) mass is 817 g/mol. The molecule has 2 aromatic carbocycles. The van der Waals surface area contributed by atoms with Crippen molar-refractivity contribution in [2.75, 3.05) is 0 Å². The van der Waals surface area contributed by atoms with Crippen molar-refractivity contribution in [1.82, 2.24) is 15.0 Å². The second-order valence-electron chi connectivity index (χ2n) is 8.21. The van der Waals surface area contributed by atoms with Crippen molar-refractivity contribution in [1.29, 1.82) is 0 Å². The fraction of sp³-hybridized carbons (Fsp3) is 0.0625. The Morgan fingerprint density at radius 1 is 0.513 bits per heavy atom. The van der Waals surface area contributed by atoms with Gasteiger partial charge in [-0.25, -0.2) is 0 Å². The van der Waals surface area contributed by atoms with Crippen LogP contribution in [0, 0.1) is 0 Å². The molecule has 1 radical (unpaired) electrons. The quantitative estimate of drug-likeness (QED) is 0.171. The average Bonchev–Trinajstić information content (AvgIpc) is 3.00. The molecule has 0 fully saturated rings. The standard InChI is InChI=1S/2C11H9N.C10H8Br2N2.Ir/c2*1-2-6-10(7-3-1)11-8-4-5-9-12-11;11-10(12)4-6-14-9(7-10)8-3-1-2-5-13-8;/h2*1-9H;1-6H,7H2;. The maximum atomic E-state index is 4.31. The summed E-state index contributed by atoms with van der Waals surface area (Å²) < 4.78 is -0.172. The predicted octanol–water partition coefficient (Wildman–Crippen LogP) is 8.77. The van der Waals surface area contributed by atoms with Crippen LogP contribution >= 0.6 is 31.9 Å². The van der Waals surface area contributed by atoms with Gasteiger partial charge in [0.15, 0.2) is 0 Å². The van der Waals surface area contributed by atoms with E-state index in [9.17, 15) is 0 Å². The van der Waals surface area contributed by atoms with E-state index in [2.05, 4.69) is 76.1 Å². The van der Waals surface area contributed by atoms with E-state index < -0.39 is 0 Å². The van der Waals surface area contributed by atoms with Gasteiger partial charge in [0.1, 0.15) is 3.23 Å². The van der Waals surface area contributed by atoms with E-state index in [0.29, 0.717) is 0 Å². The summed E-state index contributed by atoms with van der Waals surface area (Å²) >= 11 is 7.10. The number of allylic oxidation sites excluding steroid dienone is 1. The van der Waals surface area contributed by atoms with Gasteiger partial charge in [0.25, 0.3) is 0 Å². The maximum absolute atomic E-state index is 4.31. The van der Waals surface area contributed by atoms with Crippen LogP contribution in [-0.4, -0.2) is 23.9 Å². The molecule has 0 N–H and O–H groups in total. The SMILES string of the molecule is BrC1(Br)C=CN=C(c2ccccn2)C1.[Ir].c1ccc(-c2ccccn2)cc1.c1ccc(-c2ccccn2)cc1. The van der Waals surface area contributed by atoms with E-state index >= 15 is 0 Å². The number of nitrogens with zero attached hydrogens (tertiary/aromatic N) is 4. The van der Waals surface area contributed by atoms with Gasteiger partial charge in [0, 0.05) is 62.4 Å². The number of benzene rings is 2. The summed E-state index contributed by atoms with van der Waals surface area (Å²) in [5.41, 5.74) is 6.30. The first kappa shape index (κ1) is 30.5. The molecule has 0 bridgehead atoms. The van der Waals surface area contributed by atoms with E-state index in [-0.39, 0.29) is 23.3 Å². The minimum atomic E-state index is -0.172. The Bertz CT molecular complexity index is 1280. The van der Waals surface area contributed by atoms with E-state index in [4.69, 9.17) is 0 Å². The van der Waals surface area contributed by atoms with Crippen LogP contribution in [-0.2, 0) is 20.1 Å². The van der Waals surface area contributed by atoms with Crippen molar-refractivity contribution in [2.45, 2.75) is 9.65 Å². The van der Waals surface area contributed by atoms with Crippen LogP contribution in [0.1, 0.15) is 12.1 Å². The van der Waals surface area contributed by atoms with Gasteiger partial charge in [0.05, 0.1) is 22.8 Å². The molecule has 0 saturated heterocycles. The molecule has 1 aliphatic heterocycles. The van der Waals surface area contributed by atoms with Crippen LogP contribution in [0.3, 0.4) is 0 Å². The van der Waals surface area contributed by atoms with Gasteiger partial charge >= 0.3 is 0 Å². The van der Waals surface area contributed by atoms with Crippen LogP contribution in [0.2, 0.25) is 0 Å². The molecule has 4 heterocycles. The zero-order chi connectivity index (χ0) is 26.5. The van der Waals surface area contributed by atoms with Crippen LogP contribution in [0.15, 0.2) is 151 Å². The van der Waals surface area contributed by atoms with Gasteiger partial charge in [0.2, 0.25) is 0 Å². The largest absolute Gasteiger partial charge is 0.259 e. The smallest absolute Gasteiger partial charge is 0.106 e. The van der Waals surface area contributed by atoms with E-state index in [1.165, 1.54) is 0 Å². The molecule has 39 heavy (non-hydrogen) atoms. The molecule has 7 heteroatoms. The summed E-state index contributed by atoms with van der Waals surface area (Å²) in [4.78, 5) is 17.1. The van der Waals surface area contributed by atoms with Gasteiger partial charge in [-0.15, -0.1) is 0 Å². The molecule has 6 rings (SSSR count). The van der Waals surface area contributed by atoms with Crippen LogP contribution in [0.5, 0.6) is 0 Å². The number of aliphatic imine (C=N–C) groups is 1. The summed E-state index contributed by atoms with van der Waals surface area (Å²) in [6.07, 6.45) is 9.95. The Morgan fingerprint density at radius 2 is 0.923 bits per heavy atom. The topological polar surface area (TPSA) is 51.0 Å². The number of hydrogen-bond acceptors (Lipinski definition) is 4. The number of rotatable bonds is 3. The molecular formula is C32H26Br2IrN4. The summed E-state index contributed by atoms with van der Waals surface area (Å²) in [5, 5.41) is 0. The molecule has 4 nitrogen and oxygen atoms in total. The van der Waals surface area contributed by atoms with Crippen LogP contribution < -0.4 is 0 Å². The second-order valence-corrected chi connectivity index (χ2v) is 12.1. The summed E-state index contributed by atoms with van der Waals surface area (Å²) in [5.74, 6) is 0. The fourth-order valence-electron chi connectivity index (χ4n) is 3.54. The van der Waals surface area contributed by atoms with E-state index in [0.717, 1.165) is 40.3 Å². The summed E-state index contributed by atoms with van der Waals surface area (Å²) in [6.45, 7) is 0. The van der Waals surface area contributed by atoms with E-state index in [1.54, 1.807) is 12.4 Å². The average molecular weight is 819 g/mol. The van der Waals surface area contributed by atoms with Crippen LogP contribution in [0.4, 0.5) is 0 Å². The Balaban J connectivity index is 0.000000160. The molecule has 0 unspecified atom stereocenters. The van der Waals surface area contributed by atoms with E-state index in [1.807, 2.05) is 109 Å². The summed E-state index contributed by atoms with van der Waals surface area (Å²) in [7, 11) is 0. The zero-order valence-corrected chi connectivity index (χ0v) is 26.5. The van der Waals surface area contributed by atoms with Crippen molar-refractivity contribution in [3.63, 3.8) is 0 Å². The molecule has 3 aromatic heterocycles. The predicted molar refractivity (Wildman–Crippen MR) is 164 cm³/mol. The Labute approximate surface area is 260 Å². The molecule has 5 aromatic rings. The molecule has 0 amide bonds. The number of halogens is 2. The number of hydrogen-bond donors (Lipinski definition) is 0. The first-order valence-electron chi connectivity index (χ1n) is 12.1. The van der Waals surface area contributed by atoms with Gasteiger partial charge in [-0.2, -0.15) is 0 Å². The maximum Gasteiger partial charge on any atom is 0.106 e. The molecule has 197 valence electrons. The number of aromatic nitrogens is 3. The van der Waals surface area contributed by atoms with Crippen molar-refractivity contribution in [3.05, 3.63) is 152 Å². The Kier molecular flexibility index (Phi) is 12.6. The van der Waals surface area contributed by atoms with Crippen molar-refractivity contribution < 1.29 is 20.1 Å². The number of pyridine rings is 3. The molecule has 0 aliphatic carbocycles. The molecule has 0 spiro atoms. The minimum Gasteiger partial charge on any atom is -0.259 e. The van der Waals surface area contributed by atoms with Crippen molar-refractivity contribution in [3.8, 4) is 22.5 Å². The molecule has 0 saturated carbocycles. The summed E-state index contributed by atoms with van der Waals surface area (Å²) in [6, 6.07) is 38.0. The van der Waals surface area contributed by atoms with Crippen molar-refractivity contribution in [2.24, 2.45) is 4.99 Å². The van der Waals surface area contributed by atoms with Crippen LogP contribution in [0.25, 0.3) is 22.5 Å². The first-order chi connectivity index (χ1) is 18.6. The third-order valence-electron chi connectivity index (χ3n) is 5.38. The third kappa shape index (κ3) is 10.2. The zero-order valence-electron chi connectivity index (χ0n) is 20.9. The fourth-order valence-corrected chi connectivity index (χ4v) is 4.31. The normalized spacial score (nSPS) is 12.8. The molecule has 1 aliphatic rings. The van der Waals surface area contributed by atoms with Gasteiger partial charge in [-0.05, 0) is 42.5 Å². The van der Waals surface area contributed by atoms with Gasteiger partial charge in [-0.3, -0.25) is 19.9 Å². The van der Waals surface area contributed by atoms with Crippen molar-refractivity contribution >= 4 is 37.6 Å². The molecule has 0 atom stereocenters. The second kappa shape index (κ2) is 16.1. The Hall–Kier alpha value is -3.09. The third-order valence-corrected chi connectivity index (χ3v) is 6.47. The first-order valence-corrected chi connectivity index (χ1v) is 13.7. The molecular weight excluding hydrogens is 792 g/mol. The van der Waals surface area contributed by atoms with Gasteiger partial charge in [-0.1, -0.05) is 111 Å². The van der Waals surface area contributed by atoms with Gasteiger partial charge < -0.3 is 0 Å². The number of alkyl halides is 2.